The largest absolute Gasteiger partial charge is 0.280 e. The van der Waals surface area contributed by atoms with Crippen molar-refractivity contribution in [2.45, 2.75) is 28.5 Å². The van der Waals surface area contributed by atoms with E-state index in [0.29, 0.717) is 18.8 Å². The van der Waals surface area contributed by atoms with E-state index < -0.39 is 20.0 Å². The SMILES string of the molecule is CCN(CC)S(=O)(=O)c1ccc(NS(=O)(=O)c2ccc(SC)cc2)cc1. The lowest BCUT2D eigenvalue weighted by Crippen LogP contribution is -2.30. The van der Waals surface area contributed by atoms with Gasteiger partial charge >= 0.3 is 0 Å². The number of hydrogen-bond donors (Lipinski definition) is 1. The molecule has 6 nitrogen and oxygen atoms in total. The molecule has 0 aliphatic heterocycles. The van der Waals surface area contributed by atoms with Crippen LogP contribution in [0.25, 0.3) is 0 Å². The van der Waals surface area contributed by atoms with E-state index in [1.807, 2.05) is 6.26 Å². The Kier molecular flexibility index (Phi) is 6.73. The zero-order valence-electron chi connectivity index (χ0n) is 14.8. The molecule has 2 rings (SSSR count). The molecule has 0 bridgehead atoms. The molecular formula is C17H22N2O4S3. The van der Waals surface area contributed by atoms with E-state index in [1.165, 1.54) is 52.5 Å². The van der Waals surface area contributed by atoms with Crippen molar-refractivity contribution in [2.24, 2.45) is 0 Å². The molecule has 26 heavy (non-hydrogen) atoms. The first kappa shape index (κ1) is 20.8. The molecule has 0 heterocycles. The summed E-state index contributed by atoms with van der Waals surface area (Å²) in [5.74, 6) is 0. The summed E-state index contributed by atoms with van der Waals surface area (Å²) in [7, 11) is -7.30. The zero-order valence-corrected chi connectivity index (χ0v) is 17.3. The molecule has 0 saturated heterocycles. The zero-order chi connectivity index (χ0) is 19.4. The van der Waals surface area contributed by atoms with Crippen LogP contribution in [0.1, 0.15) is 13.8 Å². The summed E-state index contributed by atoms with van der Waals surface area (Å²) >= 11 is 1.53. The van der Waals surface area contributed by atoms with Gasteiger partial charge in [0.15, 0.2) is 0 Å². The van der Waals surface area contributed by atoms with Crippen molar-refractivity contribution in [1.82, 2.24) is 4.31 Å². The van der Waals surface area contributed by atoms with E-state index in [2.05, 4.69) is 4.72 Å². The second-order valence-corrected chi connectivity index (χ2v) is 9.89. The summed E-state index contributed by atoms with van der Waals surface area (Å²) in [6.07, 6.45) is 1.91. The fourth-order valence-electron chi connectivity index (χ4n) is 2.38. The Hall–Kier alpha value is -1.55. The highest BCUT2D eigenvalue weighted by atomic mass is 32.2. The number of benzene rings is 2. The van der Waals surface area contributed by atoms with Crippen LogP contribution in [0, 0.1) is 0 Å². The minimum Gasteiger partial charge on any atom is -0.280 e. The van der Waals surface area contributed by atoms with E-state index >= 15 is 0 Å². The lowest BCUT2D eigenvalue weighted by molar-refractivity contribution is 0.445. The van der Waals surface area contributed by atoms with Crippen LogP contribution in [-0.4, -0.2) is 40.5 Å². The van der Waals surface area contributed by atoms with Crippen molar-refractivity contribution in [3.8, 4) is 0 Å². The Bertz CT molecular complexity index is 935. The van der Waals surface area contributed by atoms with E-state index in [9.17, 15) is 16.8 Å². The summed E-state index contributed by atoms with van der Waals surface area (Å²) in [6.45, 7) is 4.29. The predicted molar refractivity (Wildman–Crippen MR) is 106 cm³/mol. The van der Waals surface area contributed by atoms with Crippen LogP contribution >= 0.6 is 11.8 Å². The molecule has 0 aliphatic carbocycles. The molecule has 9 heteroatoms. The molecule has 0 unspecified atom stereocenters. The van der Waals surface area contributed by atoms with Gasteiger partial charge in [0.05, 0.1) is 9.79 Å². The van der Waals surface area contributed by atoms with Gasteiger partial charge in [0.2, 0.25) is 10.0 Å². The van der Waals surface area contributed by atoms with Crippen molar-refractivity contribution in [1.29, 1.82) is 0 Å². The lowest BCUT2D eigenvalue weighted by atomic mass is 10.3. The number of thioether (sulfide) groups is 1. The fourth-order valence-corrected chi connectivity index (χ4v) is 5.30. The summed E-state index contributed by atoms with van der Waals surface area (Å²) in [5.41, 5.74) is 0.303. The highest BCUT2D eigenvalue weighted by molar-refractivity contribution is 7.98. The van der Waals surface area contributed by atoms with Crippen molar-refractivity contribution < 1.29 is 16.8 Å². The third kappa shape index (κ3) is 4.59. The first-order valence-electron chi connectivity index (χ1n) is 8.01. The van der Waals surface area contributed by atoms with Gasteiger partial charge in [0.1, 0.15) is 0 Å². The van der Waals surface area contributed by atoms with Gasteiger partial charge in [-0.15, -0.1) is 11.8 Å². The van der Waals surface area contributed by atoms with Gasteiger partial charge < -0.3 is 0 Å². The van der Waals surface area contributed by atoms with E-state index in [0.717, 1.165) is 4.90 Å². The van der Waals surface area contributed by atoms with E-state index in [1.54, 1.807) is 26.0 Å². The number of anilines is 1. The molecule has 0 amide bonds. The smallest absolute Gasteiger partial charge is 0.261 e. The molecule has 0 aromatic heterocycles. The predicted octanol–water partition coefficient (Wildman–Crippen LogP) is 3.24. The number of hydrogen-bond acceptors (Lipinski definition) is 5. The normalized spacial score (nSPS) is 12.3. The van der Waals surface area contributed by atoms with Gasteiger partial charge in [0, 0.05) is 23.7 Å². The van der Waals surface area contributed by atoms with Gasteiger partial charge in [-0.05, 0) is 54.8 Å². The first-order chi connectivity index (χ1) is 12.2. The maximum atomic E-state index is 12.5. The van der Waals surface area contributed by atoms with Gasteiger partial charge in [-0.1, -0.05) is 13.8 Å². The van der Waals surface area contributed by atoms with Crippen molar-refractivity contribution in [2.75, 3.05) is 24.1 Å². The van der Waals surface area contributed by atoms with Crippen molar-refractivity contribution in [3.63, 3.8) is 0 Å². The Balaban J connectivity index is 2.23. The molecule has 1 N–H and O–H groups in total. The molecule has 0 saturated carbocycles. The van der Waals surface area contributed by atoms with Crippen molar-refractivity contribution >= 4 is 37.5 Å². The molecule has 0 fully saturated rings. The maximum Gasteiger partial charge on any atom is 0.261 e. The summed E-state index contributed by atoms with van der Waals surface area (Å²) in [4.78, 5) is 1.25. The average Bonchev–Trinajstić information content (AvgIpc) is 2.62. The van der Waals surface area contributed by atoms with E-state index in [4.69, 9.17) is 0 Å². The van der Waals surface area contributed by atoms with Crippen LogP contribution < -0.4 is 4.72 Å². The standard InChI is InChI=1S/C17H22N2O4S3/c1-4-19(5-2)26(22,23)17-10-6-14(7-11-17)18-25(20,21)16-12-8-15(24-3)9-13-16/h6-13,18H,4-5H2,1-3H3. The van der Waals surface area contributed by atoms with E-state index in [-0.39, 0.29) is 9.79 Å². The minimum absolute atomic E-state index is 0.133. The molecule has 2 aromatic carbocycles. The van der Waals surface area contributed by atoms with Crippen LogP contribution in [0.5, 0.6) is 0 Å². The molecular weight excluding hydrogens is 392 g/mol. The Morgan fingerprint density at radius 3 is 1.81 bits per heavy atom. The minimum atomic E-state index is -3.73. The summed E-state index contributed by atoms with van der Waals surface area (Å²) in [6, 6.07) is 12.2. The third-order valence-electron chi connectivity index (χ3n) is 3.82. The summed E-state index contributed by atoms with van der Waals surface area (Å²) in [5, 5.41) is 0. The monoisotopic (exact) mass is 414 g/mol. The van der Waals surface area contributed by atoms with Crippen LogP contribution in [-0.2, 0) is 20.0 Å². The number of rotatable bonds is 8. The molecule has 0 radical (unpaired) electrons. The molecule has 0 aliphatic rings. The van der Waals surface area contributed by atoms with Gasteiger partial charge in [-0.2, -0.15) is 4.31 Å². The van der Waals surface area contributed by atoms with Gasteiger partial charge in [0.25, 0.3) is 10.0 Å². The van der Waals surface area contributed by atoms with Gasteiger partial charge in [-0.3, -0.25) is 4.72 Å². The third-order valence-corrected chi connectivity index (χ3v) is 8.02. The first-order valence-corrected chi connectivity index (χ1v) is 12.2. The van der Waals surface area contributed by atoms with Gasteiger partial charge in [-0.25, -0.2) is 16.8 Å². The quantitative estimate of drug-likeness (QED) is 0.671. The number of sulfonamides is 2. The molecule has 0 spiro atoms. The van der Waals surface area contributed by atoms with Crippen LogP contribution in [0.4, 0.5) is 5.69 Å². The average molecular weight is 415 g/mol. The van der Waals surface area contributed by atoms with Crippen LogP contribution in [0.15, 0.2) is 63.2 Å². The van der Waals surface area contributed by atoms with Crippen molar-refractivity contribution in [3.05, 3.63) is 48.5 Å². The fraction of sp³-hybridized carbons (Fsp3) is 0.294. The topological polar surface area (TPSA) is 83.6 Å². The second-order valence-electron chi connectivity index (χ2n) is 5.39. The maximum absolute atomic E-state index is 12.5. The Morgan fingerprint density at radius 1 is 0.846 bits per heavy atom. The van der Waals surface area contributed by atoms with Crippen LogP contribution in [0.2, 0.25) is 0 Å². The Morgan fingerprint density at radius 2 is 1.35 bits per heavy atom. The summed E-state index contributed by atoms with van der Waals surface area (Å²) < 4.78 is 53.6. The molecule has 0 atom stereocenters. The van der Waals surface area contributed by atoms with Crippen LogP contribution in [0.3, 0.4) is 0 Å². The second kappa shape index (κ2) is 8.43. The highest BCUT2D eigenvalue weighted by Crippen LogP contribution is 2.22. The number of nitrogens with zero attached hydrogens (tertiary/aromatic N) is 1. The molecule has 2 aromatic rings. The Labute approximate surface area is 159 Å². The number of nitrogens with one attached hydrogen (secondary N) is 1. The molecule has 142 valence electrons. The lowest BCUT2D eigenvalue weighted by Gasteiger charge is -2.18. The highest BCUT2D eigenvalue weighted by Gasteiger charge is 2.21.